The maximum absolute atomic E-state index is 8.00. The Labute approximate surface area is 93.8 Å². The van der Waals surface area contributed by atoms with E-state index in [1.54, 1.807) is 21.2 Å². The molecule has 0 bridgehead atoms. The van der Waals surface area contributed by atoms with Crippen LogP contribution < -0.4 is 16.0 Å². The van der Waals surface area contributed by atoms with Crippen LogP contribution in [0.2, 0.25) is 0 Å². The number of nitrogens with zero attached hydrogens (tertiary/aromatic N) is 3. The molecule has 1 heterocycles. The highest BCUT2D eigenvalue weighted by Gasteiger charge is 2.02. The highest BCUT2D eigenvalue weighted by atomic mass is 16.5. The molecule has 0 aliphatic rings. The highest BCUT2D eigenvalue weighted by molar-refractivity contribution is 5.41. The Morgan fingerprint density at radius 3 is 1.88 bits per heavy atom. The summed E-state index contributed by atoms with van der Waals surface area (Å²) in [4.78, 5) is 20.2. The Morgan fingerprint density at radius 2 is 1.50 bits per heavy atom. The van der Waals surface area contributed by atoms with E-state index in [1.165, 1.54) is 0 Å². The van der Waals surface area contributed by atoms with Gasteiger partial charge in [-0.1, -0.05) is 0 Å². The molecule has 90 valence electrons. The van der Waals surface area contributed by atoms with Crippen LogP contribution in [0.25, 0.3) is 0 Å². The molecule has 1 aromatic rings. The van der Waals surface area contributed by atoms with Crippen LogP contribution in [-0.2, 0) is 9.53 Å². The smallest absolute Gasteiger partial charge is 0.231 e. The number of carbonyl (C=O) groups excluding carboxylic acids is 1. The number of nitrogens with one attached hydrogen (secondary N) is 3. The predicted molar refractivity (Wildman–Crippen MR) is 61.5 cm³/mol. The van der Waals surface area contributed by atoms with Gasteiger partial charge in [-0.2, -0.15) is 15.0 Å². The van der Waals surface area contributed by atoms with Crippen LogP contribution in [0.3, 0.4) is 0 Å². The molecular weight excluding hydrogens is 212 g/mol. The Kier molecular flexibility index (Phi) is 7.33. The summed E-state index contributed by atoms with van der Waals surface area (Å²) < 4.78 is 4.84. The minimum absolute atomic E-state index is 0.357. The molecule has 0 aliphatic heterocycles. The second-order valence-corrected chi connectivity index (χ2v) is 2.42. The lowest BCUT2D eigenvalue weighted by Crippen LogP contribution is -2.11. The third-order valence-corrected chi connectivity index (χ3v) is 1.46. The quantitative estimate of drug-likeness (QED) is 0.595. The third kappa shape index (κ3) is 4.51. The average molecular weight is 228 g/mol. The number of carbonyl (C=O) groups is 1. The van der Waals surface area contributed by atoms with Crippen LogP contribution >= 0.6 is 0 Å². The molecule has 0 amide bonds. The largest absolute Gasteiger partial charge is 0.364 e. The maximum Gasteiger partial charge on any atom is 0.231 e. The summed E-state index contributed by atoms with van der Waals surface area (Å²) in [5.74, 6) is 1.47. The molecule has 0 atom stereocenters. The first-order valence-corrected chi connectivity index (χ1v) is 4.43. The molecule has 3 N–H and O–H groups in total. The van der Waals surface area contributed by atoms with Crippen molar-refractivity contribution in [3.05, 3.63) is 0 Å². The standard InChI is InChI=1S/C7H14N6O.CH2O/c1-8-5-11-6(9-2)13-7(12-5)10-4-14-3;1-2/h4H2,1-3H3,(H3,8,9,10,11,12,13);1H2. The van der Waals surface area contributed by atoms with Crippen LogP contribution in [-0.4, -0.2) is 49.7 Å². The first-order chi connectivity index (χ1) is 7.80. The average Bonchev–Trinajstić information content (AvgIpc) is 2.38. The molecule has 0 saturated carbocycles. The van der Waals surface area contributed by atoms with Crippen molar-refractivity contribution in [2.24, 2.45) is 0 Å². The van der Waals surface area contributed by atoms with E-state index in [4.69, 9.17) is 9.53 Å². The number of ether oxygens (including phenoxy) is 1. The van der Waals surface area contributed by atoms with E-state index in [1.807, 2.05) is 6.79 Å². The van der Waals surface area contributed by atoms with Gasteiger partial charge in [0, 0.05) is 21.2 Å². The minimum Gasteiger partial charge on any atom is -0.364 e. The van der Waals surface area contributed by atoms with E-state index in [2.05, 4.69) is 30.9 Å². The van der Waals surface area contributed by atoms with Crippen molar-refractivity contribution in [1.82, 2.24) is 15.0 Å². The first-order valence-electron chi connectivity index (χ1n) is 4.43. The van der Waals surface area contributed by atoms with E-state index < -0.39 is 0 Å². The van der Waals surface area contributed by atoms with Crippen molar-refractivity contribution >= 4 is 24.6 Å². The molecule has 8 heteroatoms. The fourth-order valence-electron chi connectivity index (χ4n) is 0.815. The molecule has 1 rings (SSSR count). The van der Waals surface area contributed by atoms with Crippen molar-refractivity contribution < 1.29 is 9.53 Å². The highest BCUT2D eigenvalue weighted by Crippen LogP contribution is 2.07. The van der Waals surface area contributed by atoms with Crippen molar-refractivity contribution in [2.75, 3.05) is 43.9 Å². The van der Waals surface area contributed by atoms with E-state index in [9.17, 15) is 0 Å². The molecule has 0 aromatic carbocycles. The van der Waals surface area contributed by atoms with Crippen LogP contribution in [0, 0.1) is 0 Å². The summed E-state index contributed by atoms with van der Waals surface area (Å²) in [5, 5.41) is 8.55. The van der Waals surface area contributed by atoms with Gasteiger partial charge in [0.15, 0.2) is 0 Å². The lowest BCUT2D eigenvalue weighted by atomic mass is 10.8. The minimum atomic E-state index is 0.357. The lowest BCUT2D eigenvalue weighted by Gasteiger charge is -2.06. The number of rotatable bonds is 5. The Balaban J connectivity index is 0.00000106. The van der Waals surface area contributed by atoms with Gasteiger partial charge in [-0.05, 0) is 0 Å². The van der Waals surface area contributed by atoms with Gasteiger partial charge >= 0.3 is 0 Å². The summed E-state index contributed by atoms with van der Waals surface area (Å²) >= 11 is 0. The molecule has 8 nitrogen and oxygen atoms in total. The summed E-state index contributed by atoms with van der Waals surface area (Å²) in [7, 11) is 5.08. The van der Waals surface area contributed by atoms with Gasteiger partial charge in [0.1, 0.15) is 13.5 Å². The number of methoxy groups -OCH3 is 1. The first kappa shape index (κ1) is 14.0. The molecule has 0 spiro atoms. The van der Waals surface area contributed by atoms with Crippen LogP contribution in [0.5, 0.6) is 0 Å². The van der Waals surface area contributed by atoms with Gasteiger partial charge in [0.2, 0.25) is 17.8 Å². The lowest BCUT2D eigenvalue weighted by molar-refractivity contribution is -0.0979. The molecule has 0 radical (unpaired) electrons. The topological polar surface area (TPSA) is 101 Å². The molecule has 1 aromatic heterocycles. The molecule has 0 aliphatic carbocycles. The SMILES string of the molecule is C=O.CNc1nc(NC)nc(NCOC)n1. The Hall–Kier alpha value is -1.96. The second-order valence-electron chi connectivity index (χ2n) is 2.42. The molecular formula is C8H16N6O2. The van der Waals surface area contributed by atoms with Crippen LogP contribution in [0.4, 0.5) is 17.8 Å². The monoisotopic (exact) mass is 228 g/mol. The fraction of sp³-hybridized carbons (Fsp3) is 0.500. The molecule has 16 heavy (non-hydrogen) atoms. The Bertz CT molecular complexity index is 286. The van der Waals surface area contributed by atoms with Crippen molar-refractivity contribution in [3.8, 4) is 0 Å². The van der Waals surface area contributed by atoms with Gasteiger partial charge in [-0.25, -0.2) is 0 Å². The van der Waals surface area contributed by atoms with Gasteiger partial charge in [-0.3, -0.25) is 0 Å². The normalized spacial score (nSPS) is 8.69. The Morgan fingerprint density at radius 1 is 1.06 bits per heavy atom. The van der Waals surface area contributed by atoms with Crippen LogP contribution in [0.1, 0.15) is 0 Å². The zero-order valence-corrected chi connectivity index (χ0v) is 9.57. The van der Waals surface area contributed by atoms with Gasteiger partial charge < -0.3 is 25.5 Å². The predicted octanol–water partition coefficient (Wildman–Crippen LogP) is -0.214. The number of anilines is 3. The number of hydrogen-bond donors (Lipinski definition) is 3. The van der Waals surface area contributed by atoms with E-state index in [-0.39, 0.29) is 0 Å². The van der Waals surface area contributed by atoms with E-state index >= 15 is 0 Å². The van der Waals surface area contributed by atoms with E-state index in [0.717, 1.165) is 0 Å². The third-order valence-electron chi connectivity index (χ3n) is 1.46. The zero-order valence-electron chi connectivity index (χ0n) is 9.57. The van der Waals surface area contributed by atoms with Crippen molar-refractivity contribution in [3.63, 3.8) is 0 Å². The van der Waals surface area contributed by atoms with Gasteiger partial charge in [0.25, 0.3) is 0 Å². The van der Waals surface area contributed by atoms with E-state index in [0.29, 0.717) is 24.6 Å². The van der Waals surface area contributed by atoms with Crippen LogP contribution in [0.15, 0.2) is 0 Å². The van der Waals surface area contributed by atoms with Gasteiger partial charge in [0.05, 0.1) is 0 Å². The fourth-order valence-corrected chi connectivity index (χ4v) is 0.815. The molecule has 0 saturated heterocycles. The summed E-state index contributed by atoms with van der Waals surface area (Å²) in [5.41, 5.74) is 0. The van der Waals surface area contributed by atoms with Crippen molar-refractivity contribution in [2.45, 2.75) is 0 Å². The molecule has 0 unspecified atom stereocenters. The second kappa shape index (κ2) is 8.36. The zero-order chi connectivity index (χ0) is 12.4. The van der Waals surface area contributed by atoms with Crippen molar-refractivity contribution in [1.29, 1.82) is 0 Å². The number of hydrogen-bond acceptors (Lipinski definition) is 8. The number of aromatic nitrogens is 3. The molecule has 0 fully saturated rings. The van der Waals surface area contributed by atoms with Gasteiger partial charge in [-0.15, -0.1) is 0 Å². The summed E-state index contributed by atoms with van der Waals surface area (Å²) in [6, 6.07) is 0. The maximum atomic E-state index is 8.00. The summed E-state index contributed by atoms with van der Waals surface area (Å²) in [6.07, 6.45) is 0. The summed E-state index contributed by atoms with van der Waals surface area (Å²) in [6.45, 7) is 2.36.